The highest BCUT2D eigenvalue weighted by Gasteiger charge is 2.28. The van der Waals surface area contributed by atoms with Crippen molar-refractivity contribution < 1.29 is 9.53 Å². The zero-order chi connectivity index (χ0) is 20.3. The molecule has 1 N–H and O–H groups in total. The first-order chi connectivity index (χ1) is 13.4. The zero-order valence-corrected chi connectivity index (χ0v) is 18.0. The summed E-state index contributed by atoms with van der Waals surface area (Å²) in [7, 11) is 5.74. The second-order valence-electron chi connectivity index (χ2n) is 7.30. The Labute approximate surface area is 170 Å². The van der Waals surface area contributed by atoms with Gasteiger partial charge in [-0.3, -0.25) is 14.3 Å². The number of ether oxygens (including phenoxy) is 1. The number of benzene rings is 1. The second kappa shape index (κ2) is 8.96. The topological polar surface area (TPSA) is 72.3 Å². The molecule has 0 bridgehead atoms. The Balaban J connectivity index is 1.94. The number of thioether (sulfide) groups is 1. The Morgan fingerprint density at radius 1 is 1.32 bits per heavy atom. The van der Waals surface area contributed by atoms with Gasteiger partial charge in [0.05, 0.1) is 18.4 Å². The van der Waals surface area contributed by atoms with Crippen molar-refractivity contribution in [2.45, 2.75) is 55.6 Å². The normalized spacial score (nSPS) is 16.1. The summed E-state index contributed by atoms with van der Waals surface area (Å²) < 4.78 is 7.34. The molecular weight excluding hydrogens is 374 g/mol. The van der Waals surface area contributed by atoms with Crippen LogP contribution in [0.15, 0.2) is 29.4 Å². The fourth-order valence-electron chi connectivity index (χ4n) is 3.08. The minimum atomic E-state index is -0.242. The van der Waals surface area contributed by atoms with Gasteiger partial charge in [0.1, 0.15) is 5.75 Å². The average Bonchev–Trinajstić information content (AvgIpc) is 3.41. The molecule has 0 unspecified atom stereocenters. The van der Waals surface area contributed by atoms with E-state index in [1.165, 1.54) is 11.8 Å². The number of methoxy groups -OCH3 is 1. The lowest BCUT2D eigenvalue weighted by Crippen LogP contribution is -2.32. The lowest BCUT2D eigenvalue weighted by molar-refractivity contribution is -0.120. The van der Waals surface area contributed by atoms with Crippen LogP contribution in [0, 0.1) is 0 Å². The molecule has 0 radical (unpaired) electrons. The Morgan fingerprint density at radius 3 is 2.54 bits per heavy atom. The summed E-state index contributed by atoms with van der Waals surface area (Å²) in [6.07, 6.45) is 3.07. The van der Waals surface area contributed by atoms with E-state index >= 15 is 0 Å². The van der Waals surface area contributed by atoms with Crippen LogP contribution < -0.4 is 10.1 Å². The summed E-state index contributed by atoms with van der Waals surface area (Å²) >= 11 is 1.44. The van der Waals surface area contributed by atoms with Gasteiger partial charge in [0, 0.05) is 11.7 Å². The van der Waals surface area contributed by atoms with Crippen LogP contribution in [0.2, 0.25) is 0 Å². The third-order valence-corrected chi connectivity index (χ3v) is 5.91. The zero-order valence-electron chi connectivity index (χ0n) is 17.2. The molecule has 2 aromatic rings. The number of nitrogens with zero attached hydrogens (tertiary/aromatic N) is 4. The number of nitrogens with one attached hydrogen (secondary N) is 1. The molecule has 1 aromatic carbocycles. The van der Waals surface area contributed by atoms with Gasteiger partial charge < -0.3 is 10.1 Å². The molecular formula is C20H29N5O2S. The molecule has 3 rings (SSSR count). The molecule has 7 nitrogen and oxygen atoms in total. The Kier molecular flexibility index (Phi) is 6.61. The first-order valence-corrected chi connectivity index (χ1v) is 10.6. The van der Waals surface area contributed by atoms with Crippen LogP contribution in [0.5, 0.6) is 5.75 Å². The Bertz CT molecular complexity index is 801. The molecule has 2 atom stereocenters. The minimum absolute atomic E-state index is 0.0537. The van der Waals surface area contributed by atoms with E-state index in [0.717, 1.165) is 41.7 Å². The summed E-state index contributed by atoms with van der Waals surface area (Å²) in [6.45, 7) is 4.05. The van der Waals surface area contributed by atoms with Gasteiger partial charge in [-0.25, -0.2) is 0 Å². The molecule has 1 aliphatic carbocycles. The molecule has 1 heterocycles. The van der Waals surface area contributed by atoms with Crippen LogP contribution in [0.1, 0.15) is 45.0 Å². The number of carbonyl (C=O) groups excluding carboxylic acids is 1. The van der Waals surface area contributed by atoms with E-state index in [-0.39, 0.29) is 17.2 Å². The Morgan fingerprint density at radius 2 is 2.00 bits per heavy atom. The van der Waals surface area contributed by atoms with Crippen LogP contribution >= 0.6 is 11.8 Å². The van der Waals surface area contributed by atoms with Crippen LogP contribution in [0.3, 0.4) is 0 Å². The number of amides is 1. The summed E-state index contributed by atoms with van der Waals surface area (Å²) in [5, 5.41) is 12.5. The van der Waals surface area contributed by atoms with Crippen molar-refractivity contribution in [2.75, 3.05) is 21.2 Å². The number of carbonyl (C=O) groups is 1. The van der Waals surface area contributed by atoms with E-state index < -0.39 is 0 Å². The summed E-state index contributed by atoms with van der Waals surface area (Å²) in [4.78, 5) is 14.6. The maximum atomic E-state index is 12.4. The highest BCUT2D eigenvalue weighted by molar-refractivity contribution is 8.00. The maximum absolute atomic E-state index is 12.4. The van der Waals surface area contributed by atoms with Crippen molar-refractivity contribution in [1.29, 1.82) is 0 Å². The van der Waals surface area contributed by atoms with E-state index in [1.54, 1.807) is 7.11 Å². The average molecular weight is 404 g/mol. The van der Waals surface area contributed by atoms with E-state index in [1.807, 2.05) is 45.3 Å². The molecule has 152 valence electrons. The minimum Gasteiger partial charge on any atom is -0.497 e. The summed E-state index contributed by atoms with van der Waals surface area (Å²) in [5.41, 5.74) is 0.957. The summed E-state index contributed by atoms with van der Waals surface area (Å²) in [5.74, 6) is 1.72. The molecule has 8 heteroatoms. The van der Waals surface area contributed by atoms with Gasteiger partial charge in [-0.1, -0.05) is 18.7 Å². The van der Waals surface area contributed by atoms with Crippen molar-refractivity contribution in [3.8, 4) is 11.4 Å². The van der Waals surface area contributed by atoms with E-state index in [2.05, 4.69) is 31.9 Å². The predicted molar refractivity (Wildman–Crippen MR) is 111 cm³/mol. The molecule has 0 saturated heterocycles. The van der Waals surface area contributed by atoms with Crippen molar-refractivity contribution in [3.63, 3.8) is 0 Å². The van der Waals surface area contributed by atoms with E-state index in [0.29, 0.717) is 6.04 Å². The van der Waals surface area contributed by atoms with Crippen LogP contribution in [0.4, 0.5) is 0 Å². The van der Waals surface area contributed by atoms with Crippen LogP contribution in [-0.4, -0.2) is 58.1 Å². The lowest BCUT2D eigenvalue weighted by atomic mass is 10.2. The largest absolute Gasteiger partial charge is 0.497 e. The molecule has 1 saturated carbocycles. The monoisotopic (exact) mass is 403 g/mol. The van der Waals surface area contributed by atoms with Gasteiger partial charge in [0.2, 0.25) is 5.91 Å². The fraction of sp³-hybridized carbons (Fsp3) is 0.550. The quantitative estimate of drug-likeness (QED) is 0.649. The second-order valence-corrected chi connectivity index (χ2v) is 8.61. The van der Waals surface area contributed by atoms with Crippen molar-refractivity contribution >= 4 is 17.7 Å². The predicted octanol–water partition coefficient (Wildman–Crippen LogP) is 3.05. The molecule has 1 fully saturated rings. The van der Waals surface area contributed by atoms with Crippen LogP contribution in [-0.2, 0) is 4.79 Å². The first-order valence-electron chi connectivity index (χ1n) is 9.67. The first kappa shape index (κ1) is 20.7. The van der Waals surface area contributed by atoms with E-state index in [4.69, 9.17) is 4.74 Å². The number of hydrogen-bond donors (Lipinski definition) is 1. The molecule has 1 aliphatic rings. The fourth-order valence-corrected chi connectivity index (χ4v) is 3.97. The molecule has 0 spiro atoms. The van der Waals surface area contributed by atoms with Gasteiger partial charge in [-0.05, 0) is 64.5 Å². The van der Waals surface area contributed by atoms with Crippen molar-refractivity contribution in [2.24, 2.45) is 0 Å². The molecule has 1 aromatic heterocycles. The smallest absolute Gasteiger partial charge is 0.233 e. The third kappa shape index (κ3) is 4.67. The van der Waals surface area contributed by atoms with Gasteiger partial charge in [-0.2, -0.15) is 0 Å². The highest BCUT2D eigenvalue weighted by atomic mass is 32.2. The highest BCUT2D eigenvalue weighted by Crippen LogP contribution is 2.31. The van der Waals surface area contributed by atoms with Crippen molar-refractivity contribution in [1.82, 2.24) is 25.0 Å². The molecule has 0 aliphatic heterocycles. The van der Waals surface area contributed by atoms with Gasteiger partial charge >= 0.3 is 0 Å². The number of rotatable bonds is 9. The Hall–Kier alpha value is -2.06. The van der Waals surface area contributed by atoms with Gasteiger partial charge in [0.25, 0.3) is 0 Å². The lowest BCUT2D eigenvalue weighted by Gasteiger charge is -2.23. The maximum Gasteiger partial charge on any atom is 0.233 e. The standard InChI is InChI=1S/C20H29N5O2S/c1-6-17(24(3)4)18-22-23-20(28-13(2)19(26)21-14-7-8-14)25(18)15-9-11-16(27-5)12-10-15/h9-14,17H,6-8H2,1-5H3,(H,21,26)/t13-,17+/m0/s1. The number of aromatic nitrogens is 3. The molecule has 1 amide bonds. The van der Waals surface area contributed by atoms with Crippen LogP contribution in [0.25, 0.3) is 5.69 Å². The van der Waals surface area contributed by atoms with Crippen molar-refractivity contribution in [3.05, 3.63) is 30.1 Å². The SMILES string of the molecule is CC[C@H](c1nnc(S[C@@H](C)C(=O)NC2CC2)n1-c1ccc(OC)cc1)N(C)C. The van der Waals surface area contributed by atoms with Gasteiger partial charge in [-0.15, -0.1) is 10.2 Å². The summed E-state index contributed by atoms with van der Waals surface area (Å²) in [6, 6.07) is 8.31. The van der Waals surface area contributed by atoms with Gasteiger partial charge in [0.15, 0.2) is 11.0 Å². The number of hydrogen-bond acceptors (Lipinski definition) is 6. The molecule has 28 heavy (non-hydrogen) atoms. The third-order valence-electron chi connectivity index (χ3n) is 4.87. The van der Waals surface area contributed by atoms with E-state index in [9.17, 15) is 4.79 Å².